The zero-order valence-electron chi connectivity index (χ0n) is 28.2. The van der Waals surface area contributed by atoms with Gasteiger partial charge in [-0.25, -0.2) is 12.8 Å². The number of ether oxygens (including phenoxy) is 2. The first kappa shape index (κ1) is 40.8. The van der Waals surface area contributed by atoms with Crippen LogP contribution in [0.25, 0.3) is 0 Å². The minimum atomic E-state index is -6.26. The van der Waals surface area contributed by atoms with Gasteiger partial charge in [0.05, 0.1) is 11.5 Å². The predicted octanol–water partition coefficient (Wildman–Crippen LogP) is 7.42. The molecule has 0 saturated carbocycles. The standard InChI is InChI=1S/C35H32F10N2O6S/c1-22(48)46-17-14-23(15-18-46)30(49)47-19-16-31(21-47,54(50,51)28-12-10-27(36)11-13-28)25-6-8-26(9-7-25)32(33(37,38)39,34(40,41)42)52-20-24-4-2-3-5-29(24)53-35(43,44)45/h2-13,23H,14-21H2,1H3. The van der Waals surface area contributed by atoms with Crippen LogP contribution >= 0.6 is 0 Å². The van der Waals surface area contributed by atoms with E-state index in [2.05, 4.69) is 9.47 Å². The molecule has 2 saturated heterocycles. The van der Waals surface area contributed by atoms with Crippen LogP contribution in [0, 0.1) is 11.7 Å². The number of hydrogen-bond donors (Lipinski definition) is 0. The molecule has 8 nitrogen and oxygen atoms in total. The molecule has 3 aromatic carbocycles. The Morgan fingerprint density at radius 3 is 1.91 bits per heavy atom. The van der Waals surface area contributed by atoms with Crippen LogP contribution in [0.5, 0.6) is 5.75 Å². The number of halogens is 10. The van der Waals surface area contributed by atoms with Crippen molar-refractivity contribution in [3.8, 4) is 5.75 Å². The van der Waals surface area contributed by atoms with Gasteiger partial charge >= 0.3 is 18.7 Å². The zero-order chi connectivity index (χ0) is 39.9. The lowest BCUT2D eigenvalue weighted by Crippen LogP contribution is -2.55. The van der Waals surface area contributed by atoms with Gasteiger partial charge in [-0.15, -0.1) is 13.2 Å². The first-order valence-corrected chi connectivity index (χ1v) is 17.8. The third kappa shape index (κ3) is 7.74. The minimum Gasteiger partial charge on any atom is -0.405 e. The largest absolute Gasteiger partial charge is 0.573 e. The van der Waals surface area contributed by atoms with Crippen molar-refractivity contribution in [1.29, 1.82) is 0 Å². The molecule has 5 rings (SSSR count). The number of nitrogens with zero attached hydrogens (tertiary/aromatic N) is 2. The first-order chi connectivity index (χ1) is 25.0. The van der Waals surface area contributed by atoms with Crippen LogP contribution in [-0.4, -0.2) is 74.9 Å². The fraction of sp³-hybridized carbons (Fsp3) is 0.429. The van der Waals surface area contributed by atoms with Crippen molar-refractivity contribution in [3.05, 3.63) is 95.3 Å². The Hall–Kier alpha value is -4.39. The number of sulfone groups is 1. The van der Waals surface area contributed by atoms with E-state index in [1.54, 1.807) is 4.90 Å². The molecule has 19 heteroatoms. The number of alkyl halides is 9. The summed E-state index contributed by atoms with van der Waals surface area (Å²) in [4.78, 5) is 27.8. The highest BCUT2D eigenvalue weighted by Crippen LogP contribution is 2.54. The zero-order valence-corrected chi connectivity index (χ0v) is 29.0. The van der Waals surface area contributed by atoms with E-state index in [0.29, 0.717) is 18.2 Å². The van der Waals surface area contributed by atoms with Gasteiger partial charge in [0.1, 0.15) is 16.3 Å². The molecular weight excluding hydrogens is 766 g/mol. The molecular formula is C35H32F10N2O6S. The van der Waals surface area contributed by atoms with E-state index in [9.17, 15) is 61.9 Å². The summed E-state index contributed by atoms with van der Waals surface area (Å²) in [5.41, 5.74) is -7.78. The van der Waals surface area contributed by atoms with Gasteiger partial charge in [-0.2, -0.15) is 26.3 Å². The Labute approximate surface area is 302 Å². The van der Waals surface area contributed by atoms with Gasteiger partial charge in [-0.3, -0.25) is 9.59 Å². The third-order valence-corrected chi connectivity index (χ3v) is 12.2. The summed E-state index contributed by atoms with van der Waals surface area (Å²) in [5.74, 6) is -3.15. The van der Waals surface area contributed by atoms with E-state index >= 15 is 0 Å². The number of para-hydroxylation sites is 1. The average molecular weight is 799 g/mol. The number of benzene rings is 3. The van der Waals surface area contributed by atoms with Crippen molar-refractivity contribution in [2.75, 3.05) is 26.2 Å². The fourth-order valence-electron chi connectivity index (χ4n) is 6.90. The lowest BCUT2D eigenvalue weighted by atomic mass is 9.88. The molecule has 0 radical (unpaired) electrons. The van der Waals surface area contributed by atoms with Crippen molar-refractivity contribution in [1.82, 2.24) is 9.80 Å². The predicted molar refractivity (Wildman–Crippen MR) is 170 cm³/mol. The maximum absolute atomic E-state index is 14.7. The van der Waals surface area contributed by atoms with Gasteiger partial charge in [0.15, 0.2) is 9.84 Å². The van der Waals surface area contributed by atoms with Crippen LogP contribution < -0.4 is 4.74 Å². The summed E-state index contributed by atoms with van der Waals surface area (Å²) in [6, 6.07) is 9.27. The normalized spacial score (nSPS) is 19.2. The maximum Gasteiger partial charge on any atom is 0.573 e. The van der Waals surface area contributed by atoms with Crippen molar-refractivity contribution < 1.29 is 71.4 Å². The summed E-state index contributed by atoms with van der Waals surface area (Å²) < 4.78 is 176. The average Bonchev–Trinajstić information content (AvgIpc) is 3.55. The summed E-state index contributed by atoms with van der Waals surface area (Å²) in [6.45, 7) is -0.487. The molecule has 2 amide bonds. The van der Waals surface area contributed by atoms with E-state index in [0.717, 1.165) is 54.6 Å². The lowest BCUT2D eigenvalue weighted by molar-refractivity contribution is -0.392. The Morgan fingerprint density at radius 2 is 1.37 bits per heavy atom. The van der Waals surface area contributed by atoms with Gasteiger partial charge < -0.3 is 19.3 Å². The minimum absolute atomic E-state index is 0.175. The lowest BCUT2D eigenvalue weighted by Gasteiger charge is -2.38. The van der Waals surface area contributed by atoms with E-state index in [1.165, 1.54) is 11.8 Å². The summed E-state index contributed by atoms with van der Waals surface area (Å²) in [6.07, 6.45) is -17.7. The molecule has 2 aliphatic heterocycles. The molecule has 2 aliphatic rings. The molecule has 54 heavy (non-hydrogen) atoms. The van der Waals surface area contributed by atoms with Crippen molar-refractivity contribution in [3.63, 3.8) is 0 Å². The molecule has 0 N–H and O–H groups in total. The molecule has 0 bridgehead atoms. The molecule has 294 valence electrons. The van der Waals surface area contributed by atoms with Gasteiger partial charge in [0.2, 0.25) is 11.8 Å². The molecule has 2 fully saturated rings. The maximum atomic E-state index is 14.7. The molecule has 1 unspecified atom stereocenters. The van der Waals surface area contributed by atoms with Crippen LogP contribution in [0.3, 0.4) is 0 Å². The molecule has 0 spiro atoms. The van der Waals surface area contributed by atoms with Crippen LogP contribution in [-0.2, 0) is 41.1 Å². The smallest absolute Gasteiger partial charge is 0.405 e. The van der Waals surface area contributed by atoms with E-state index in [4.69, 9.17) is 0 Å². The van der Waals surface area contributed by atoms with Gasteiger partial charge in [-0.05, 0) is 55.2 Å². The molecule has 3 aromatic rings. The second kappa shape index (κ2) is 14.7. The third-order valence-electron chi connectivity index (χ3n) is 9.73. The summed E-state index contributed by atoms with van der Waals surface area (Å²) >= 11 is 0. The van der Waals surface area contributed by atoms with E-state index in [-0.39, 0.29) is 50.4 Å². The van der Waals surface area contributed by atoms with Crippen LogP contribution in [0.2, 0.25) is 0 Å². The monoisotopic (exact) mass is 798 g/mol. The van der Waals surface area contributed by atoms with Crippen LogP contribution in [0.15, 0.2) is 77.7 Å². The fourth-order valence-corrected chi connectivity index (χ4v) is 8.97. The number of piperidine rings is 1. The van der Waals surface area contributed by atoms with Crippen molar-refractivity contribution in [2.24, 2.45) is 5.92 Å². The molecule has 0 aromatic heterocycles. The highest BCUT2D eigenvalue weighted by Gasteiger charge is 2.73. The Kier molecular flexibility index (Phi) is 11.1. The van der Waals surface area contributed by atoms with Gasteiger partial charge in [-0.1, -0.05) is 42.5 Å². The number of likely N-dealkylation sites (tertiary alicyclic amines) is 2. The van der Waals surface area contributed by atoms with Crippen LogP contribution in [0.4, 0.5) is 43.9 Å². The number of carbonyl (C=O) groups is 2. The second-order valence-corrected chi connectivity index (χ2v) is 15.2. The quantitative estimate of drug-likeness (QED) is 0.165. The van der Waals surface area contributed by atoms with Crippen molar-refractivity contribution in [2.45, 2.75) is 66.8 Å². The number of amides is 2. The Balaban J connectivity index is 1.55. The number of carbonyl (C=O) groups excluding carboxylic acids is 2. The van der Waals surface area contributed by atoms with Crippen molar-refractivity contribution >= 4 is 21.7 Å². The second-order valence-electron chi connectivity index (χ2n) is 12.9. The number of rotatable bonds is 9. The number of hydrogen-bond acceptors (Lipinski definition) is 6. The highest BCUT2D eigenvalue weighted by molar-refractivity contribution is 7.92. The van der Waals surface area contributed by atoms with Gasteiger partial charge in [0.25, 0.3) is 5.60 Å². The molecule has 0 aliphatic carbocycles. The van der Waals surface area contributed by atoms with Gasteiger partial charge in [0, 0.05) is 50.1 Å². The van der Waals surface area contributed by atoms with Crippen LogP contribution in [0.1, 0.15) is 42.9 Å². The topological polar surface area (TPSA) is 93.2 Å². The Morgan fingerprint density at radius 1 is 0.796 bits per heavy atom. The SMILES string of the molecule is CC(=O)N1CCC(C(=O)N2CCC(c3ccc(C(OCc4ccccc4OC(F)(F)F)(C(F)(F)F)C(F)(F)F)cc3)(S(=O)(=O)c3ccc(F)cc3)C2)CC1. The molecule has 1 atom stereocenters. The first-order valence-electron chi connectivity index (χ1n) is 16.3. The highest BCUT2D eigenvalue weighted by atomic mass is 32.2. The summed E-state index contributed by atoms with van der Waals surface area (Å²) in [7, 11) is -4.65. The van der Waals surface area contributed by atoms with E-state index < -0.39 is 91.5 Å². The Bertz CT molecular complexity index is 1930. The van der Waals surface area contributed by atoms with E-state index in [1.807, 2.05) is 0 Å². The molecule has 2 heterocycles. The summed E-state index contributed by atoms with van der Waals surface area (Å²) in [5, 5.41) is 0.